The van der Waals surface area contributed by atoms with Crippen LogP contribution in [0.5, 0.6) is 0 Å². The second kappa shape index (κ2) is 29.9. The molecule has 0 aromatic heterocycles. The Morgan fingerprint density at radius 1 is 0.667 bits per heavy atom. The van der Waals surface area contributed by atoms with E-state index in [1.54, 1.807) is 0 Å². The van der Waals surface area contributed by atoms with Crippen LogP contribution < -0.4 is 0 Å². The van der Waals surface area contributed by atoms with Crippen LogP contribution in [0.3, 0.4) is 0 Å². The number of hydrogen-bond donors (Lipinski definition) is 2. The van der Waals surface area contributed by atoms with Crippen LogP contribution in [0.2, 0.25) is 0 Å². The summed E-state index contributed by atoms with van der Waals surface area (Å²) in [6.45, 7) is 12.3. The molecule has 0 fully saturated rings. The number of esters is 1. The number of rotatable bonds is 31. The summed E-state index contributed by atoms with van der Waals surface area (Å²) in [7, 11) is 0. The molecule has 0 atom stereocenters. The minimum atomic E-state index is -0.00721. The lowest BCUT2D eigenvalue weighted by Crippen LogP contribution is -2.27. The third-order valence-electron chi connectivity index (χ3n) is 7.90. The fourth-order valence-electron chi connectivity index (χ4n) is 5.32. The van der Waals surface area contributed by atoms with Gasteiger partial charge in [0.15, 0.2) is 0 Å². The normalized spacial score (nSPS) is 11.5. The second-order valence-corrected chi connectivity index (χ2v) is 11.7. The van der Waals surface area contributed by atoms with Crippen molar-refractivity contribution in [1.82, 2.24) is 4.90 Å². The van der Waals surface area contributed by atoms with E-state index in [0.29, 0.717) is 18.8 Å². The van der Waals surface area contributed by atoms with E-state index in [4.69, 9.17) is 14.9 Å². The first kappa shape index (κ1) is 37.9. The van der Waals surface area contributed by atoms with E-state index < -0.39 is 0 Å². The summed E-state index contributed by atoms with van der Waals surface area (Å²) in [5.74, 6) is 1.02. The minimum absolute atomic E-state index is 0.00721. The topological polar surface area (TPSA) is 70.0 Å². The quantitative estimate of drug-likeness (QED) is 0.0508. The number of nitrogens with zero attached hydrogens (tertiary/aromatic N) is 1. The number of allylic oxidation sites excluding steroid dienone is 1. The van der Waals surface area contributed by atoms with E-state index in [2.05, 4.69) is 25.3 Å². The molecular weight excluding hydrogens is 486 g/mol. The van der Waals surface area contributed by atoms with Crippen LogP contribution in [0.1, 0.15) is 162 Å². The second-order valence-electron chi connectivity index (χ2n) is 11.7. The van der Waals surface area contributed by atoms with Gasteiger partial charge in [-0.25, -0.2) is 0 Å². The van der Waals surface area contributed by atoms with Crippen LogP contribution in [0.4, 0.5) is 0 Å². The molecule has 0 aliphatic heterocycles. The van der Waals surface area contributed by atoms with Crippen LogP contribution in [0.15, 0.2) is 12.3 Å². The van der Waals surface area contributed by atoms with Crippen molar-refractivity contribution < 1.29 is 19.7 Å². The Morgan fingerprint density at radius 3 is 1.67 bits per heavy atom. The van der Waals surface area contributed by atoms with Crippen LogP contribution in [-0.2, 0) is 9.53 Å². The van der Waals surface area contributed by atoms with Crippen molar-refractivity contribution in [2.45, 2.75) is 162 Å². The molecule has 5 heteroatoms. The fraction of sp³-hybridized carbons (Fsp3) is 0.912. The molecule has 5 nitrogen and oxygen atoms in total. The Hall–Kier alpha value is -1.07. The molecule has 0 saturated carbocycles. The predicted molar refractivity (Wildman–Crippen MR) is 167 cm³/mol. The van der Waals surface area contributed by atoms with E-state index in [9.17, 15) is 4.79 Å². The third kappa shape index (κ3) is 28.3. The first-order chi connectivity index (χ1) is 19.0. The molecule has 2 N–H and O–H groups in total. The van der Waals surface area contributed by atoms with E-state index in [1.807, 2.05) is 0 Å². The SMILES string of the molecule is C=C(O)CCCCCCCN(CCCCO)CCCCCCCC(=O)OCCC(CCCCC)CCCCC. The van der Waals surface area contributed by atoms with Gasteiger partial charge < -0.3 is 19.8 Å². The maximum atomic E-state index is 12.2. The fourth-order valence-corrected chi connectivity index (χ4v) is 5.32. The van der Waals surface area contributed by atoms with Gasteiger partial charge in [-0.3, -0.25) is 4.79 Å². The summed E-state index contributed by atoms with van der Waals surface area (Å²) >= 11 is 0. The Bertz CT molecular complexity index is 529. The van der Waals surface area contributed by atoms with Crippen LogP contribution >= 0.6 is 0 Å². The summed E-state index contributed by atoms with van der Waals surface area (Å²) in [6, 6.07) is 0. The Labute approximate surface area is 243 Å². The first-order valence-corrected chi connectivity index (χ1v) is 16.9. The van der Waals surface area contributed by atoms with Gasteiger partial charge in [-0.2, -0.15) is 0 Å². The number of aliphatic hydroxyl groups excluding tert-OH is 2. The minimum Gasteiger partial charge on any atom is -0.513 e. The molecule has 0 aromatic rings. The lowest BCUT2D eigenvalue weighted by atomic mass is 9.92. The highest BCUT2D eigenvalue weighted by Gasteiger charge is 2.11. The van der Waals surface area contributed by atoms with Crippen LogP contribution in [0, 0.1) is 5.92 Å². The molecule has 0 unspecified atom stereocenters. The number of carbonyl (C=O) groups is 1. The van der Waals surface area contributed by atoms with Gasteiger partial charge in [0.1, 0.15) is 0 Å². The zero-order valence-electron chi connectivity index (χ0n) is 26.2. The van der Waals surface area contributed by atoms with Gasteiger partial charge in [0.2, 0.25) is 0 Å². The molecule has 0 heterocycles. The predicted octanol–water partition coefficient (Wildman–Crippen LogP) is 9.52. The average Bonchev–Trinajstić information content (AvgIpc) is 2.91. The Kier molecular flexibility index (Phi) is 29.1. The van der Waals surface area contributed by atoms with Crippen molar-refractivity contribution in [2.75, 3.05) is 32.8 Å². The maximum Gasteiger partial charge on any atom is 0.305 e. The van der Waals surface area contributed by atoms with Crippen molar-refractivity contribution in [2.24, 2.45) is 5.92 Å². The number of unbranched alkanes of at least 4 members (excludes halogenated alkanes) is 13. The highest BCUT2D eigenvalue weighted by Crippen LogP contribution is 2.21. The van der Waals surface area contributed by atoms with Crippen LogP contribution in [0.25, 0.3) is 0 Å². The summed E-state index contributed by atoms with van der Waals surface area (Å²) in [4.78, 5) is 14.8. The number of aliphatic hydroxyl groups is 2. The zero-order valence-corrected chi connectivity index (χ0v) is 26.2. The first-order valence-electron chi connectivity index (χ1n) is 16.9. The third-order valence-corrected chi connectivity index (χ3v) is 7.90. The van der Waals surface area contributed by atoms with Crippen molar-refractivity contribution in [1.29, 1.82) is 0 Å². The van der Waals surface area contributed by atoms with Gasteiger partial charge >= 0.3 is 5.97 Å². The molecule has 39 heavy (non-hydrogen) atoms. The van der Waals surface area contributed by atoms with Crippen LogP contribution in [-0.4, -0.2) is 53.9 Å². The van der Waals surface area contributed by atoms with E-state index >= 15 is 0 Å². The molecule has 0 radical (unpaired) electrons. The van der Waals surface area contributed by atoms with E-state index in [-0.39, 0.29) is 12.6 Å². The van der Waals surface area contributed by atoms with Crippen molar-refractivity contribution in [3.05, 3.63) is 12.3 Å². The van der Waals surface area contributed by atoms with Crippen molar-refractivity contribution in [3.8, 4) is 0 Å². The Morgan fingerprint density at radius 2 is 1.15 bits per heavy atom. The monoisotopic (exact) mass is 554 g/mol. The molecule has 0 rings (SSSR count). The largest absolute Gasteiger partial charge is 0.513 e. The van der Waals surface area contributed by atoms with E-state index in [1.165, 1.54) is 89.9 Å². The van der Waals surface area contributed by atoms with Gasteiger partial charge in [0.25, 0.3) is 0 Å². The lowest BCUT2D eigenvalue weighted by molar-refractivity contribution is -0.144. The van der Waals surface area contributed by atoms with Gasteiger partial charge in [-0.05, 0) is 70.5 Å². The summed E-state index contributed by atoms with van der Waals surface area (Å²) in [6.07, 6.45) is 26.2. The molecule has 0 amide bonds. The summed E-state index contributed by atoms with van der Waals surface area (Å²) in [5, 5.41) is 18.3. The van der Waals surface area contributed by atoms with Gasteiger partial charge in [0.05, 0.1) is 12.4 Å². The smallest absolute Gasteiger partial charge is 0.305 e. The Balaban J connectivity index is 3.92. The van der Waals surface area contributed by atoms with Gasteiger partial charge in [0, 0.05) is 19.4 Å². The van der Waals surface area contributed by atoms with Crippen molar-refractivity contribution >= 4 is 5.97 Å². The van der Waals surface area contributed by atoms with E-state index in [0.717, 1.165) is 76.9 Å². The molecule has 0 saturated heterocycles. The molecule has 0 aliphatic rings. The lowest BCUT2D eigenvalue weighted by Gasteiger charge is -2.22. The summed E-state index contributed by atoms with van der Waals surface area (Å²) < 4.78 is 5.59. The average molecular weight is 554 g/mol. The molecule has 0 bridgehead atoms. The van der Waals surface area contributed by atoms with Gasteiger partial charge in [-0.1, -0.05) is 110 Å². The number of ether oxygens (including phenoxy) is 1. The molecule has 232 valence electrons. The molecular formula is C34H67NO4. The summed E-state index contributed by atoms with van der Waals surface area (Å²) in [5.41, 5.74) is 0. The molecule has 0 spiro atoms. The molecule has 0 aliphatic carbocycles. The standard InChI is InChI=1S/C34H67NO4/c1-4-6-14-23-33(24-15-7-5-2)26-31-39-34(38)25-17-11-9-13-19-28-35(29-20-21-30-36)27-18-12-8-10-16-22-32(3)37/h33,36-37H,3-31H2,1-2H3. The van der Waals surface area contributed by atoms with Gasteiger partial charge in [-0.15, -0.1) is 0 Å². The maximum absolute atomic E-state index is 12.2. The van der Waals surface area contributed by atoms with Crippen molar-refractivity contribution in [3.63, 3.8) is 0 Å². The highest BCUT2D eigenvalue weighted by molar-refractivity contribution is 5.69. The number of carbonyl (C=O) groups excluding carboxylic acids is 1. The highest BCUT2D eigenvalue weighted by atomic mass is 16.5. The number of hydrogen-bond acceptors (Lipinski definition) is 5. The molecule has 0 aromatic carbocycles. The zero-order chi connectivity index (χ0) is 28.8.